The third kappa shape index (κ3) is 4.56. The van der Waals surface area contributed by atoms with Crippen molar-refractivity contribution >= 4 is 39.8 Å². The fraction of sp³-hybridized carbons (Fsp3) is 0.217. The number of carbonyl (C=O) groups is 1. The van der Waals surface area contributed by atoms with Crippen LogP contribution in [-0.2, 0) is 0 Å². The molecular formula is C23H23ClN6O2. The summed E-state index contributed by atoms with van der Waals surface area (Å²) in [6.45, 7) is 4.86. The summed E-state index contributed by atoms with van der Waals surface area (Å²) < 4.78 is 0. The number of pyridine rings is 1. The van der Waals surface area contributed by atoms with Gasteiger partial charge in [-0.2, -0.15) is 5.11 Å². The van der Waals surface area contributed by atoms with Crippen molar-refractivity contribution in [3.63, 3.8) is 0 Å². The fourth-order valence-electron chi connectivity index (χ4n) is 3.61. The zero-order chi connectivity index (χ0) is 22.7. The number of nitrogens with zero attached hydrogens (tertiary/aromatic N) is 2. The second-order valence-corrected chi connectivity index (χ2v) is 8.01. The lowest BCUT2D eigenvalue weighted by molar-refractivity contribution is 0.0736. The first kappa shape index (κ1) is 21.7. The lowest BCUT2D eigenvalue weighted by atomic mass is 10.1. The Morgan fingerprint density at radius 1 is 1.19 bits per heavy atom. The van der Waals surface area contributed by atoms with Crippen molar-refractivity contribution in [1.29, 1.82) is 5.53 Å². The SMILES string of the molecule is Cc1cc2[nH]c(=O)c(/C(=C/Nc3ccc(C(=O)N4CCNCC4)cc3)N=N)cc2cc1Cl. The van der Waals surface area contributed by atoms with Crippen LogP contribution in [0.25, 0.3) is 16.6 Å². The summed E-state index contributed by atoms with van der Waals surface area (Å²) >= 11 is 6.21. The summed E-state index contributed by atoms with van der Waals surface area (Å²) in [6.07, 6.45) is 1.49. The van der Waals surface area contributed by atoms with E-state index < -0.39 is 0 Å². The largest absolute Gasteiger partial charge is 0.360 e. The molecule has 4 rings (SSSR count). The first-order valence-electron chi connectivity index (χ1n) is 10.2. The molecule has 1 amide bonds. The van der Waals surface area contributed by atoms with Crippen molar-refractivity contribution in [1.82, 2.24) is 15.2 Å². The van der Waals surface area contributed by atoms with Crippen LogP contribution in [0.2, 0.25) is 5.02 Å². The van der Waals surface area contributed by atoms with Gasteiger partial charge in [0.25, 0.3) is 11.5 Å². The molecule has 0 radical (unpaired) electrons. The van der Waals surface area contributed by atoms with Crippen LogP contribution in [0, 0.1) is 12.5 Å². The van der Waals surface area contributed by atoms with E-state index in [2.05, 4.69) is 20.7 Å². The molecule has 164 valence electrons. The van der Waals surface area contributed by atoms with Crippen molar-refractivity contribution in [2.75, 3.05) is 31.5 Å². The van der Waals surface area contributed by atoms with Gasteiger partial charge in [0, 0.05) is 59.6 Å². The predicted octanol–water partition coefficient (Wildman–Crippen LogP) is 3.98. The lowest BCUT2D eigenvalue weighted by Gasteiger charge is -2.27. The molecule has 8 nitrogen and oxygen atoms in total. The molecule has 9 heteroatoms. The Kier molecular flexibility index (Phi) is 6.34. The first-order chi connectivity index (χ1) is 15.5. The molecular weight excluding hydrogens is 428 g/mol. The Morgan fingerprint density at radius 2 is 1.91 bits per heavy atom. The van der Waals surface area contributed by atoms with Gasteiger partial charge in [-0.15, -0.1) is 0 Å². The third-order valence-electron chi connectivity index (χ3n) is 5.43. The van der Waals surface area contributed by atoms with E-state index in [1.165, 1.54) is 6.20 Å². The molecule has 3 aromatic rings. The Balaban J connectivity index is 1.54. The molecule has 0 atom stereocenters. The number of carbonyl (C=O) groups excluding carboxylic acids is 1. The van der Waals surface area contributed by atoms with Crippen LogP contribution in [0.4, 0.5) is 5.69 Å². The smallest absolute Gasteiger partial charge is 0.258 e. The van der Waals surface area contributed by atoms with Gasteiger partial charge < -0.3 is 20.5 Å². The second kappa shape index (κ2) is 9.33. The van der Waals surface area contributed by atoms with E-state index in [4.69, 9.17) is 17.1 Å². The van der Waals surface area contributed by atoms with Gasteiger partial charge in [-0.3, -0.25) is 9.59 Å². The Bertz CT molecular complexity index is 1260. The van der Waals surface area contributed by atoms with Gasteiger partial charge in [-0.1, -0.05) is 11.6 Å². The topological polar surface area (TPSA) is 113 Å². The van der Waals surface area contributed by atoms with Gasteiger partial charge in [0.15, 0.2) is 0 Å². The normalized spacial score (nSPS) is 14.4. The third-order valence-corrected chi connectivity index (χ3v) is 5.84. The van der Waals surface area contributed by atoms with Gasteiger partial charge in [-0.05, 0) is 55.0 Å². The molecule has 1 aliphatic heterocycles. The Hall–Kier alpha value is -3.49. The molecule has 0 aliphatic carbocycles. The molecule has 1 saturated heterocycles. The number of aromatic amines is 1. The van der Waals surface area contributed by atoms with Crippen LogP contribution in [0.1, 0.15) is 21.5 Å². The Labute approximate surface area is 189 Å². The number of benzene rings is 2. The number of rotatable bonds is 5. The van der Waals surface area contributed by atoms with Gasteiger partial charge >= 0.3 is 0 Å². The Morgan fingerprint density at radius 3 is 2.59 bits per heavy atom. The molecule has 0 unspecified atom stereocenters. The number of hydrogen-bond donors (Lipinski definition) is 4. The zero-order valence-electron chi connectivity index (χ0n) is 17.5. The van der Waals surface area contributed by atoms with E-state index in [0.717, 1.165) is 24.0 Å². The minimum atomic E-state index is -0.347. The second-order valence-electron chi connectivity index (χ2n) is 7.61. The summed E-state index contributed by atoms with van der Waals surface area (Å²) in [5.74, 6) is 0.00651. The standard InChI is InChI=1S/C23H23ClN6O2/c1-14-10-20-16(12-19(14)24)11-18(22(31)28-20)21(29-25)13-27-17-4-2-15(3-5-17)23(32)30-8-6-26-7-9-30/h2-5,10-13,25-27H,6-9H2,1H3,(H,28,31)/b21-13-,29-25?. The van der Waals surface area contributed by atoms with Gasteiger partial charge in [-0.25, -0.2) is 5.53 Å². The number of H-pyrrole nitrogens is 1. The van der Waals surface area contributed by atoms with Crippen molar-refractivity contribution in [2.24, 2.45) is 5.11 Å². The monoisotopic (exact) mass is 450 g/mol. The van der Waals surface area contributed by atoms with Crippen LogP contribution < -0.4 is 16.2 Å². The molecule has 2 aromatic carbocycles. The van der Waals surface area contributed by atoms with Gasteiger partial charge in [0.2, 0.25) is 0 Å². The minimum Gasteiger partial charge on any atom is -0.360 e. The highest BCUT2D eigenvalue weighted by molar-refractivity contribution is 6.32. The quantitative estimate of drug-likeness (QED) is 0.440. The summed E-state index contributed by atoms with van der Waals surface area (Å²) in [5, 5.41) is 11.1. The summed E-state index contributed by atoms with van der Waals surface area (Å²) in [4.78, 5) is 29.8. The average molecular weight is 451 g/mol. The van der Waals surface area contributed by atoms with E-state index >= 15 is 0 Å². The predicted molar refractivity (Wildman–Crippen MR) is 126 cm³/mol. The van der Waals surface area contributed by atoms with Crippen LogP contribution in [-0.4, -0.2) is 42.0 Å². The molecule has 0 bridgehead atoms. The molecule has 32 heavy (non-hydrogen) atoms. The van der Waals surface area contributed by atoms with Crippen LogP contribution >= 0.6 is 11.6 Å². The van der Waals surface area contributed by atoms with Crippen molar-refractivity contribution < 1.29 is 4.79 Å². The zero-order valence-corrected chi connectivity index (χ0v) is 18.3. The number of nitrogens with one attached hydrogen (secondary N) is 4. The molecule has 1 aliphatic rings. The summed E-state index contributed by atoms with van der Waals surface area (Å²) in [5.41, 5.74) is 10.5. The summed E-state index contributed by atoms with van der Waals surface area (Å²) in [6, 6.07) is 12.3. The van der Waals surface area contributed by atoms with Crippen molar-refractivity contribution in [2.45, 2.75) is 6.92 Å². The van der Waals surface area contributed by atoms with Gasteiger partial charge in [0.1, 0.15) is 5.70 Å². The molecule has 0 spiro atoms. The molecule has 1 fully saturated rings. The number of halogens is 1. The number of amides is 1. The maximum atomic E-state index is 12.6. The highest BCUT2D eigenvalue weighted by Crippen LogP contribution is 2.24. The molecule has 4 N–H and O–H groups in total. The van der Waals surface area contributed by atoms with Crippen molar-refractivity contribution in [3.8, 4) is 0 Å². The molecule has 2 heterocycles. The number of aromatic nitrogens is 1. The fourth-order valence-corrected chi connectivity index (χ4v) is 3.78. The first-order valence-corrected chi connectivity index (χ1v) is 10.6. The number of anilines is 1. The maximum absolute atomic E-state index is 12.6. The highest BCUT2D eigenvalue weighted by atomic mass is 35.5. The minimum absolute atomic E-state index is 0.00651. The molecule has 1 aromatic heterocycles. The van der Waals surface area contributed by atoms with Crippen LogP contribution in [0.15, 0.2) is 58.6 Å². The van der Waals surface area contributed by atoms with Gasteiger partial charge in [0.05, 0.1) is 5.56 Å². The number of aryl methyl sites for hydroxylation is 1. The number of fused-ring (bicyclic) bond motifs is 1. The maximum Gasteiger partial charge on any atom is 0.258 e. The average Bonchev–Trinajstić information content (AvgIpc) is 2.81. The van der Waals surface area contributed by atoms with E-state index in [0.29, 0.717) is 34.9 Å². The van der Waals surface area contributed by atoms with E-state index in [1.807, 2.05) is 17.9 Å². The number of piperazine rings is 1. The number of hydrogen-bond acceptors (Lipinski definition) is 6. The molecule has 0 saturated carbocycles. The van der Waals surface area contributed by atoms with Crippen LogP contribution in [0.3, 0.4) is 0 Å². The van der Waals surface area contributed by atoms with Crippen molar-refractivity contribution in [3.05, 3.63) is 80.7 Å². The van der Waals surface area contributed by atoms with Crippen LogP contribution in [0.5, 0.6) is 0 Å². The van der Waals surface area contributed by atoms with E-state index in [1.54, 1.807) is 36.4 Å². The summed E-state index contributed by atoms with van der Waals surface area (Å²) in [7, 11) is 0. The lowest BCUT2D eigenvalue weighted by Crippen LogP contribution is -2.46. The van der Waals surface area contributed by atoms with E-state index in [9.17, 15) is 9.59 Å². The van der Waals surface area contributed by atoms with E-state index in [-0.39, 0.29) is 22.7 Å². The highest BCUT2D eigenvalue weighted by Gasteiger charge is 2.17.